The third-order valence-electron chi connectivity index (χ3n) is 2.83. The minimum absolute atomic E-state index is 0.0877. The van der Waals surface area contributed by atoms with Gasteiger partial charge in [0.15, 0.2) is 0 Å². The summed E-state index contributed by atoms with van der Waals surface area (Å²) < 4.78 is 10.7. The van der Waals surface area contributed by atoms with Gasteiger partial charge in [0.25, 0.3) is 0 Å². The second-order valence-corrected chi connectivity index (χ2v) is 4.21. The summed E-state index contributed by atoms with van der Waals surface area (Å²) in [5.41, 5.74) is 5.44. The quantitative estimate of drug-likeness (QED) is 0.396. The minimum atomic E-state index is -0.545. The zero-order valence-electron chi connectivity index (χ0n) is 12.4. The molecule has 0 saturated carbocycles. The van der Waals surface area contributed by atoms with Gasteiger partial charge in [-0.3, -0.25) is 10.1 Å². The lowest BCUT2D eigenvalue weighted by Gasteiger charge is -2.23. The van der Waals surface area contributed by atoms with E-state index < -0.39 is 4.92 Å². The minimum Gasteiger partial charge on any atom is -0.380 e. The van der Waals surface area contributed by atoms with Gasteiger partial charge in [-0.15, -0.1) is 0 Å². The largest absolute Gasteiger partial charge is 0.380 e. The van der Waals surface area contributed by atoms with Crippen molar-refractivity contribution in [2.75, 3.05) is 50.2 Å². The summed E-state index contributed by atoms with van der Waals surface area (Å²) in [7, 11) is 0. The van der Waals surface area contributed by atoms with Crippen LogP contribution >= 0.6 is 0 Å². The van der Waals surface area contributed by atoms with E-state index in [2.05, 4.69) is 4.98 Å². The normalized spacial score (nSPS) is 10.6. The number of nitrogens with zero attached hydrogens (tertiary/aromatic N) is 3. The highest BCUT2D eigenvalue weighted by molar-refractivity contribution is 5.57. The molecule has 1 rings (SSSR count). The van der Waals surface area contributed by atoms with Gasteiger partial charge in [0.2, 0.25) is 5.82 Å². The van der Waals surface area contributed by atoms with Gasteiger partial charge < -0.3 is 20.1 Å². The van der Waals surface area contributed by atoms with Crippen LogP contribution in [0.2, 0.25) is 0 Å². The number of ether oxygens (including phenoxy) is 2. The molecule has 0 aliphatic rings. The first-order valence-corrected chi connectivity index (χ1v) is 6.91. The molecule has 1 heterocycles. The third kappa shape index (κ3) is 5.52. The van der Waals surface area contributed by atoms with E-state index in [1.165, 1.54) is 6.07 Å². The summed E-state index contributed by atoms with van der Waals surface area (Å²) in [5.74, 6) is 0.493. The Balaban J connectivity index is 2.80. The summed E-state index contributed by atoms with van der Waals surface area (Å²) >= 11 is 0. The van der Waals surface area contributed by atoms with Gasteiger partial charge >= 0.3 is 5.69 Å². The average Bonchev–Trinajstić information content (AvgIpc) is 2.45. The first-order valence-electron chi connectivity index (χ1n) is 6.91. The zero-order valence-corrected chi connectivity index (χ0v) is 12.4. The molecule has 8 nitrogen and oxygen atoms in total. The Bertz CT molecular complexity index is 446. The number of anilines is 2. The van der Waals surface area contributed by atoms with Gasteiger partial charge in [-0.2, -0.15) is 0 Å². The summed E-state index contributed by atoms with van der Waals surface area (Å²) in [4.78, 5) is 16.3. The topological polar surface area (TPSA) is 104 Å². The predicted molar refractivity (Wildman–Crippen MR) is 80.5 cm³/mol. The first-order chi connectivity index (χ1) is 10.1. The predicted octanol–water partition coefficient (Wildman–Crippen LogP) is 1.45. The summed E-state index contributed by atoms with van der Waals surface area (Å²) in [6, 6.07) is 2.96. The van der Waals surface area contributed by atoms with E-state index in [0.29, 0.717) is 45.3 Å². The Morgan fingerprint density at radius 2 is 1.81 bits per heavy atom. The van der Waals surface area contributed by atoms with Crippen molar-refractivity contribution in [3.63, 3.8) is 0 Å². The van der Waals surface area contributed by atoms with Crippen LogP contribution < -0.4 is 10.6 Å². The van der Waals surface area contributed by atoms with E-state index >= 15 is 0 Å². The molecule has 8 heteroatoms. The number of pyridine rings is 1. The number of hydrogen-bond donors (Lipinski definition) is 1. The van der Waals surface area contributed by atoms with Gasteiger partial charge in [0, 0.05) is 32.4 Å². The molecule has 118 valence electrons. The van der Waals surface area contributed by atoms with Crippen molar-refractivity contribution < 1.29 is 14.4 Å². The fourth-order valence-electron chi connectivity index (χ4n) is 1.77. The van der Waals surface area contributed by atoms with Gasteiger partial charge in [0.1, 0.15) is 5.82 Å². The van der Waals surface area contributed by atoms with Gasteiger partial charge in [0.05, 0.1) is 18.1 Å². The molecule has 0 unspecified atom stereocenters. The molecule has 0 fully saturated rings. The van der Waals surface area contributed by atoms with Crippen LogP contribution in [0.4, 0.5) is 17.3 Å². The Labute approximate surface area is 124 Å². The van der Waals surface area contributed by atoms with E-state index in [0.717, 1.165) is 0 Å². The van der Waals surface area contributed by atoms with Crippen LogP contribution in [0.15, 0.2) is 12.1 Å². The molecule has 0 radical (unpaired) electrons. The molecule has 0 saturated heterocycles. The smallest absolute Gasteiger partial charge is 0.311 e. The average molecular weight is 298 g/mol. The number of nitrogens with two attached hydrogens (primary N) is 1. The molecule has 1 aromatic heterocycles. The van der Waals surface area contributed by atoms with Crippen molar-refractivity contribution in [1.82, 2.24) is 4.98 Å². The number of nitro groups is 1. The SMILES string of the molecule is CCOCCN(CCOCC)c1ccc([N+](=O)[O-])c(N)n1. The Morgan fingerprint density at radius 3 is 2.24 bits per heavy atom. The lowest BCUT2D eigenvalue weighted by Crippen LogP contribution is -2.32. The fourth-order valence-corrected chi connectivity index (χ4v) is 1.77. The van der Waals surface area contributed by atoms with E-state index in [-0.39, 0.29) is 11.5 Å². The molecule has 0 amide bonds. The van der Waals surface area contributed by atoms with Gasteiger partial charge in [-0.05, 0) is 19.9 Å². The molecular weight excluding hydrogens is 276 g/mol. The Morgan fingerprint density at radius 1 is 1.24 bits per heavy atom. The van der Waals surface area contributed by atoms with E-state index in [4.69, 9.17) is 15.2 Å². The molecule has 0 aliphatic heterocycles. The molecule has 0 aliphatic carbocycles. The number of rotatable bonds is 10. The van der Waals surface area contributed by atoms with Crippen LogP contribution in [-0.4, -0.2) is 49.4 Å². The van der Waals surface area contributed by atoms with Crippen LogP contribution in [-0.2, 0) is 9.47 Å². The van der Waals surface area contributed by atoms with E-state index in [1.54, 1.807) is 6.07 Å². The molecule has 0 atom stereocenters. The lowest BCUT2D eigenvalue weighted by atomic mass is 10.3. The molecule has 2 N–H and O–H groups in total. The van der Waals surface area contributed by atoms with Crippen LogP contribution in [0.5, 0.6) is 0 Å². The highest BCUT2D eigenvalue weighted by Gasteiger charge is 2.16. The standard InChI is InChI=1S/C13H22N4O4/c1-3-20-9-7-16(8-10-21-4-2)12-6-5-11(17(18)19)13(14)15-12/h5-6H,3-4,7-10H2,1-2H3,(H2,14,15). The molecule has 21 heavy (non-hydrogen) atoms. The zero-order chi connectivity index (χ0) is 15.7. The monoisotopic (exact) mass is 298 g/mol. The van der Waals surface area contributed by atoms with Crippen molar-refractivity contribution >= 4 is 17.3 Å². The van der Waals surface area contributed by atoms with E-state index in [9.17, 15) is 10.1 Å². The molecule has 1 aromatic rings. The Kier molecular flexibility index (Phi) is 7.41. The summed E-state index contributed by atoms with van der Waals surface area (Å²) in [5, 5.41) is 10.8. The first kappa shape index (κ1) is 17.1. The maximum atomic E-state index is 10.8. The Hall–Kier alpha value is -1.93. The van der Waals surface area contributed by atoms with Crippen LogP contribution in [0.1, 0.15) is 13.8 Å². The molecule has 0 bridgehead atoms. The van der Waals surface area contributed by atoms with E-state index in [1.807, 2.05) is 18.7 Å². The lowest BCUT2D eigenvalue weighted by molar-refractivity contribution is -0.384. The second-order valence-electron chi connectivity index (χ2n) is 4.21. The molecule has 0 spiro atoms. The van der Waals surface area contributed by atoms with Crippen LogP contribution in [0, 0.1) is 10.1 Å². The van der Waals surface area contributed by atoms with Crippen molar-refractivity contribution in [1.29, 1.82) is 0 Å². The fraction of sp³-hybridized carbons (Fsp3) is 0.615. The maximum absolute atomic E-state index is 10.8. The summed E-state index contributed by atoms with van der Waals surface area (Å²) in [6.07, 6.45) is 0. The maximum Gasteiger partial charge on any atom is 0.311 e. The summed E-state index contributed by atoms with van der Waals surface area (Å²) in [6.45, 7) is 7.43. The molecular formula is C13H22N4O4. The van der Waals surface area contributed by atoms with Crippen LogP contribution in [0.3, 0.4) is 0 Å². The number of hydrogen-bond acceptors (Lipinski definition) is 7. The van der Waals surface area contributed by atoms with Crippen LogP contribution in [0.25, 0.3) is 0 Å². The van der Waals surface area contributed by atoms with Crippen molar-refractivity contribution in [3.05, 3.63) is 22.2 Å². The van der Waals surface area contributed by atoms with Crippen molar-refractivity contribution in [2.24, 2.45) is 0 Å². The van der Waals surface area contributed by atoms with Crippen molar-refractivity contribution in [2.45, 2.75) is 13.8 Å². The highest BCUT2D eigenvalue weighted by Crippen LogP contribution is 2.22. The third-order valence-corrected chi connectivity index (χ3v) is 2.83. The number of nitrogen functional groups attached to an aromatic ring is 1. The number of aromatic nitrogens is 1. The van der Waals surface area contributed by atoms with Gasteiger partial charge in [-0.25, -0.2) is 4.98 Å². The molecule has 0 aromatic carbocycles. The van der Waals surface area contributed by atoms with Gasteiger partial charge in [-0.1, -0.05) is 0 Å². The van der Waals surface area contributed by atoms with Crippen molar-refractivity contribution in [3.8, 4) is 0 Å². The highest BCUT2D eigenvalue weighted by atomic mass is 16.6. The second kappa shape index (κ2) is 9.09.